The molecule has 0 spiro atoms. The smallest absolute Gasteiger partial charge is 0.416 e. The molecule has 9 heteroatoms. The van der Waals surface area contributed by atoms with Gasteiger partial charge in [0.25, 0.3) is 0 Å². The Balaban J connectivity index is 1.98. The third kappa shape index (κ3) is 3.51. The Hall–Kier alpha value is -2.97. The molecule has 0 aliphatic heterocycles. The molecule has 0 bridgehead atoms. The fourth-order valence-corrected chi connectivity index (χ4v) is 2.68. The van der Waals surface area contributed by atoms with Gasteiger partial charge in [0.15, 0.2) is 5.82 Å². The highest BCUT2D eigenvalue weighted by atomic mass is 19.4. The highest BCUT2D eigenvalue weighted by Gasteiger charge is 2.31. The van der Waals surface area contributed by atoms with E-state index in [4.69, 9.17) is 10.5 Å². The zero-order valence-electron chi connectivity index (χ0n) is 14.4. The zero-order valence-corrected chi connectivity index (χ0v) is 14.4. The summed E-state index contributed by atoms with van der Waals surface area (Å²) in [6.07, 6.45) is -2.76. The number of ether oxygens (including phenoxy) is 1. The number of anilines is 2. The van der Waals surface area contributed by atoms with Gasteiger partial charge in [0.2, 0.25) is 0 Å². The molecule has 3 N–H and O–H groups in total. The summed E-state index contributed by atoms with van der Waals surface area (Å²) in [5.41, 5.74) is 5.98. The van der Waals surface area contributed by atoms with Crippen molar-refractivity contribution in [3.8, 4) is 5.75 Å². The van der Waals surface area contributed by atoms with Crippen molar-refractivity contribution in [3.63, 3.8) is 0 Å². The Morgan fingerprint density at radius 2 is 1.96 bits per heavy atom. The number of nitrogens with two attached hydrogens (primary N) is 1. The quantitative estimate of drug-likeness (QED) is 0.688. The SMILES string of the molecule is COc1cc2c(NC(C)c3cc(N)cc(C(F)(F)F)c3)nc(C)nn2c1. The van der Waals surface area contributed by atoms with Crippen LogP contribution in [0.25, 0.3) is 5.52 Å². The monoisotopic (exact) mass is 365 g/mol. The average Bonchev–Trinajstić information content (AvgIpc) is 2.96. The summed E-state index contributed by atoms with van der Waals surface area (Å²) in [6.45, 7) is 3.47. The molecule has 0 aliphatic carbocycles. The van der Waals surface area contributed by atoms with E-state index in [-0.39, 0.29) is 5.69 Å². The lowest BCUT2D eigenvalue weighted by Gasteiger charge is -2.18. The van der Waals surface area contributed by atoms with E-state index in [0.29, 0.717) is 28.5 Å². The van der Waals surface area contributed by atoms with Crippen molar-refractivity contribution in [2.75, 3.05) is 18.2 Å². The summed E-state index contributed by atoms with van der Waals surface area (Å²) in [7, 11) is 1.54. The summed E-state index contributed by atoms with van der Waals surface area (Å²) in [4.78, 5) is 4.36. The number of hydrogen-bond acceptors (Lipinski definition) is 5. The zero-order chi connectivity index (χ0) is 19.1. The molecule has 1 unspecified atom stereocenters. The number of rotatable bonds is 4. The van der Waals surface area contributed by atoms with Crippen LogP contribution >= 0.6 is 0 Å². The van der Waals surface area contributed by atoms with Crippen LogP contribution in [0.15, 0.2) is 30.5 Å². The van der Waals surface area contributed by atoms with Crippen molar-refractivity contribution in [1.29, 1.82) is 0 Å². The summed E-state index contributed by atoms with van der Waals surface area (Å²) in [6, 6.07) is 4.80. The van der Waals surface area contributed by atoms with Crippen molar-refractivity contribution in [1.82, 2.24) is 14.6 Å². The normalized spacial score (nSPS) is 13.0. The van der Waals surface area contributed by atoms with Gasteiger partial charge in [-0.1, -0.05) is 0 Å². The lowest BCUT2D eigenvalue weighted by atomic mass is 10.0. The van der Waals surface area contributed by atoms with E-state index in [9.17, 15) is 13.2 Å². The lowest BCUT2D eigenvalue weighted by Crippen LogP contribution is -2.13. The van der Waals surface area contributed by atoms with Gasteiger partial charge in [0, 0.05) is 11.8 Å². The second kappa shape index (κ2) is 6.40. The van der Waals surface area contributed by atoms with E-state index in [0.717, 1.165) is 12.1 Å². The second-order valence-corrected chi connectivity index (χ2v) is 5.97. The summed E-state index contributed by atoms with van der Waals surface area (Å²) in [5, 5.41) is 7.40. The second-order valence-electron chi connectivity index (χ2n) is 5.97. The molecule has 138 valence electrons. The van der Waals surface area contributed by atoms with Crippen molar-refractivity contribution in [2.24, 2.45) is 0 Å². The molecule has 0 radical (unpaired) electrons. The Kier molecular flexibility index (Phi) is 4.39. The van der Waals surface area contributed by atoms with Crippen LogP contribution in [-0.2, 0) is 6.18 Å². The number of alkyl halides is 3. The Morgan fingerprint density at radius 1 is 1.23 bits per heavy atom. The maximum Gasteiger partial charge on any atom is 0.416 e. The van der Waals surface area contributed by atoms with Gasteiger partial charge in [-0.3, -0.25) is 0 Å². The third-order valence-electron chi connectivity index (χ3n) is 3.94. The van der Waals surface area contributed by atoms with Gasteiger partial charge in [-0.25, -0.2) is 9.50 Å². The van der Waals surface area contributed by atoms with Crippen molar-refractivity contribution in [3.05, 3.63) is 47.4 Å². The molecule has 3 aromatic rings. The number of fused-ring (bicyclic) bond motifs is 1. The fraction of sp³-hybridized carbons (Fsp3) is 0.294. The van der Waals surface area contributed by atoms with Crippen molar-refractivity contribution >= 4 is 17.0 Å². The van der Waals surface area contributed by atoms with Gasteiger partial charge >= 0.3 is 6.18 Å². The number of halogens is 3. The molecule has 0 saturated heterocycles. The molecule has 0 amide bonds. The lowest BCUT2D eigenvalue weighted by molar-refractivity contribution is -0.137. The molecule has 2 aromatic heterocycles. The number of hydrogen-bond donors (Lipinski definition) is 2. The van der Waals surface area contributed by atoms with Crippen LogP contribution in [0.4, 0.5) is 24.7 Å². The average molecular weight is 365 g/mol. The number of aromatic nitrogens is 3. The van der Waals surface area contributed by atoms with Crippen molar-refractivity contribution in [2.45, 2.75) is 26.1 Å². The number of nitrogens with zero attached hydrogens (tertiary/aromatic N) is 3. The topological polar surface area (TPSA) is 77.5 Å². The predicted octanol–water partition coefficient (Wildman–Crippen LogP) is 3.82. The van der Waals surface area contributed by atoms with Crippen LogP contribution in [0.2, 0.25) is 0 Å². The van der Waals surface area contributed by atoms with E-state index in [1.165, 1.54) is 13.2 Å². The number of benzene rings is 1. The van der Waals surface area contributed by atoms with Crippen LogP contribution in [-0.4, -0.2) is 21.7 Å². The first-order chi connectivity index (χ1) is 12.2. The standard InChI is InChI=1S/C17H18F3N5O/c1-9(11-4-12(17(18,19)20)6-13(21)5-11)22-16-15-7-14(26-3)8-25(15)24-10(2)23-16/h4-9H,21H2,1-3H3,(H,22,23,24). The Bertz CT molecular complexity index is 951. The van der Waals surface area contributed by atoms with Crippen LogP contribution in [0, 0.1) is 6.92 Å². The molecule has 3 rings (SSSR count). The van der Waals surface area contributed by atoms with E-state index in [1.54, 1.807) is 30.6 Å². The van der Waals surface area contributed by atoms with Gasteiger partial charge < -0.3 is 15.8 Å². The fourth-order valence-electron chi connectivity index (χ4n) is 2.68. The summed E-state index contributed by atoms with van der Waals surface area (Å²) < 4.78 is 45.9. The largest absolute Gasteiger partial charge is 0.495 e. The van der Waals surface area contributed by atoms with Gasteiger partial charge in [-0.05, 0) is 37.6 Å². The van der Waals surface area contributed by atoms with E-state index >= 15 is 0 Å². The number of nitrogens with one attached hydrogen (secondary N) is 1. The predicted molar refractivity (Wildman–Crippen MR) is 92.2 cm³/mol. The van der Waals surface area contributed by atoms with Crippen LogP contribution < -0.4 is 15.8 Å². The van der Waals surface area contributed by atoms with Gasteiger partial charge in [0.05, 0.1) is 24.9 Å². The molecular formula is C17H18F3N5O. The minimum Gasteiger partial charge on any atom is -0.495 e. The molecule has 6 nitrogen and oxygen atoms in total. The molecular weight excluding hydrogens is 347 g/mol. The third-order valence-corrected chi connectivity index (χ3v) is 3.94. The maximum atomic E-state index is 13.0. The molecule has 2 heterocycles. The van der Waals surface area contributed by atoms with Gasteiger partial charge in [-0.15, -0.1) is 0 Å². The van der Waals surface area contributed by atoms with E-state index in [2.05, 4.69) is 15.4 Å². The molecule has 0 aliphatic rings. The summed E-state index contributed by atoms with van der Waals surface area (Å²) in [5.74, 6) is 1.60. The molecule has 1 atom stereocenters. The highest BCUT2D eigenvalue weighted by Crippen LogP contribution is 2.33. The first-order valence-corrected chi connectivity index (χ1v) is 7.82. The Labute approximate surface area is 147 Å². The Morgan fingerprint density at radius 3 is 2.62 bits per heavy atom. The number of aryl methyl sites for hydroxylation is 1. The van der Waals surface area contributed by atoms with Crippen LogP contribution in [0.5, 0.6) is 5.75 Å². The van der Waals surface area contributed by atoms with E-state index in [1.807, 2.05) is 0 Å². The molecule has 26 heavy (non-hydrogen) atoms. The van der Waals surface area contributed by atoms with Gasteiger partial charge in [0.1, 0.15) is 17.1 Å². The molecule has 0 fully saturated rings. The van der Waals surface area contributed by atoms with Crippen LogP contribution in [0.1, 0.15) is 29.9 Å². The maximum absolute atomic E-state index is 13.0. The molecule has 0 saturated carbocycles. The first kappa shape index (κ1) is 17.8. The minimum atomic E-state index is -4.46. The minimum absolute atomic E-state index is 0.0526. The first-order valence-electron chi connectivity index (χ1n) is 7.82. The summed E-state index contributed by atoms with van der Waals surface area (Å²) >= 11 is 0. The number of methoxy groups -OCH3 is 1. The van der Waals surface area contributed by atoms with Crippen molar-refractivity contribution < 1.29 is 17.9 Å². The van der Waals surface area contributed by atoms with E-state index < -0.39 is 17.8 Å². The van der Waals surface area contributed by atoms with Crippen LogP contribution in [0.3, 0.4) is 0 Å². The molecule has 1 aromatic carbocycles. The number of nitrogen functional groups attached to an aromatic ring is 1. The van der Waals surface area contributed by atoms with Gasteiger partial charge in [-0.2, -0.15) is 18.3 Å². The highest BCUT2D eigenvalue weighted by molar-refractivity contribution is 5.70.